The van der Waals surface area contributed by atoms with Gasteiger partial charge in [0.2, 0.25) is 0 Å². The molecule has 2 amide bonds. The molecule has 0 spiro atoms. The molecule has 0 aromatic carbocycles. The molecule has 2 fully saturated rings. The molecule has 2 aromatic heterocycles. The first-order valence-electron chi connectivity index (χ1n) is 11.8. The molecule has 1 saturated carbocycles. The normalized spacial score (nSPS) is 16.9. The molecule has 0 radical (unpaired) electrons. The molecule has 2 aromatic rings. The molecular formula is C25H33N5O4. The van der Waals surface area contributed by atoms with Crippen molar-refractivity contribution < 1.29 is 19.1 Å². The van der Waals surface area contributed by atoms with Gasteiger partial charge >= 0.3 is 6.09 Å². The highest BCUT2D eigenvalue weighted by Crippen LogP contribution is 2.33. The van der Waals surface area contributed by atoms with Crippen LogP contribution in [0.3, 0.4) is 0 Å². The Morgan fingerprint density at radius 1 is 1.00 bits per heavy atom. The highest BCUT2D eigenvalue weighted by atomic mass is 16.6. The minimum Gasteiger partial charge on any atom is -0.444 e. The molecule has 182 valence electrons. The van der Waals surface area contributed by atoms with Crippen LogP contribution in [0.5, 0.6) is 0 Å². The van der Waals surface area contributed by atoms with Crippen molar-refractivity contribution in [3.8, 4) is 11.4 Å². The molecule has 1 saturated heterocycles. The first-order valence-corrected chi connectivity index (χ1v) is 11.8. The number of hydrogen-bond acceptors (Lipinski definition) is 7. The highest BCUT2D eigenvalue weighted by molar-refractivity contribution is 5.94. The fourth-order valence-electron chi connectivity index (χ4n) is 4.16. The Morgan fingerprint density at radius 3 is 2.18 bits per heavy atom. The Labute approximate surface area is 200 Å². The summed E-state index contributed by atoms with van der Waals surface area (Å²) in [4.78, 5) is 42.7. The molecule has 2 aliphatic rings. The van der Waals surface area contributed by atoms with Crippen LogP contribution in [0, 0.1) is 0 Å². The number of hydrogen-bond donors (Lipinski definition) is 0. The first kappa shape index (κ1) is 24.1. The highest BCUT2D eigenvalue weighted by Gasteiger charge is 2.40. The van der Waals surface area contributed by atoms with Crippen LogP contribution >= 0.6 is 0 Å². The summed E-state index contributed by atoms with van der Waals surface area (Å²) in [6, 6.07) is 4.12. The predicted octanol–water partition coefficient (Wildman–Crippen LogP) is 3.69. The summed E-state index contributed by atoms with van der Waals surface area (Å²) >= 11 is 0. The number of aromatic nitrogens is 3. The second kappa shape index (κ2) is 10.0. The van der Waals surface area contributed by atoms with E-state index in [4.69, 9.17) is 9.47 Å². The van der Waals surface area contributed by atoms with Gasteiger partial charge in [-0.2, -0.15) is 0 Å². The number of likely N-dealkylation sites (tertiary alicyclic amines) is 1. The lowest BCUT2D eigenvalue weighted by Gasteiger charge is -2.39. The summed E-state index contributed by atoms with van der Waals surface area (Å²) in [7, 11) is 1.63. The van der Waals surface area contributed by atoms with Crippen molar-refractivity contribution in [1.29, 1.82) is 0 Å². The van der Waals surface area contributed by atoms with Gasteiger partial charge in [0.25, 0.3) is 5.91 Å². The molecule has 0 N–H and O–H groups in total. The number of ether oxygens (including phenoxy) is 2. The van der Waals surface area contributed by atoms with Crippen molar-refractivity contribution in [2.45, 2.75) is 70.7 Å². The van der Waals surface area contributed by atoms with Crippen LogP contribution in [0.15, 0.2) is 30.7 Å². The van der Waals surface area contributed by atoms with Crippen molar-refractivity contribution in [3.63, 3.8) is 0 Å². The van der Waals surface area contributed by atoms with E-state index >= 15 is 0 Å². The van der Waals surface area contributed by atoms with E-state index in [0.717, 1.165) is 36.9 Å². The number of carbonyl (C=O) groups excluding carboxylic acids is 2. The zero-order valence-electron chi connectivity index (χ0n) is 20.4. The van der Waals surface area contributed by atoms with E-state index in [1.807, 2.05) is 37.8 Å². The molecule has 9 nitrogen and oxygen atoms in total. The van der Waals surface area contributed by atoms with Crippen molar-refractivity contribution in [1.82, 2.24) is 24.8 Å². The molecule has 0 unspecified atom stereocenters. The molecule has 9 heteroatoms. The summed E-state index contributed by atoms with van der Waals surface area (Å²) in [6.07, 6.45) is 8.11. The summed E-state index contributed by atoms with van der Waals surface area (Å²) < 4.78 is 10.6. The van der Waals surface area contributed by atoms with Gasteiger partial charge in [-0.15, -0.1) is 0 Å². The summed E-state index contributed by atoms with van der Waals surface area (Å²) in [5, 5.41) is 0. The molecule has 3 heterocycles. The molecule has 0 atom stereocenters. The van der Waals surface area contributed by atoms with E-state index in [2.05, 4.69) is 15.0 Å². The number of carbonyl (C=O) groups is 2. The van der Waals surface area contributed by atoms with E-state index in [-0.39, 0.29) is 24.1 Å². The maximum absolute atomic E-state index is 13.4. The summed E-state index contributed by atoms with van der Waals surface area (Å²) in [5.74, 6) is 0.481. The SMILES string of the molecule is COCc1ccc(-c2ncc(C(=O)N(C3CC3)C3CCN(C(=O)OC(C)(C)C)CC3)cn2)cn1. The van der Waals surface area contributed by atoms with E-state index in [1.165, 1.54) is 0 Å². The second-order valence-corrected chi connectivity index (χ2v) is 9.91. The zero-order chi connectivity index (χ0) is 24.3. The Hall–Kier alpha value is -3.07. The van der Waals surface area contributed by atoms with Crippen molar-refractivity contribution >= 4 is 12.0 Å². The van der Waals surface area contributed by atoms with Gasteiger partial charge in [0.1, 0.15) is 5.60 Å². The predicted molar refractivity (Wildman–Crippen MR) is 126 cm³/mol. The van der Waals surface area contributed by atoms with E-state index < -0.39 is 5.60 Å². The van der Waals surface area contributed by atoms with Crippen LogP contribution in [0.4, 0.5) is 4.79 Å². The van der Waals surface area contributed by atoms with Crippen LogP contribution < -0.4 is 0 Å². The third kappa shape index (κ3) is 5.88. The first-order chi connectivity index (χ1) is 16.2. The van der Waals surface area contributed by atoms with Crippen LogP contribution in [0.2, 0.25) is 0 Å². The Morgan fingerprint density at radius 2 is 1.65 bits per heavy atom. The molecule has 34 heavy (non-hydrogen) atoms. The largest absolute Gasteiger partial charge is 0.444 e. The van der Waals surface area contributed by atoms with Crippen molar-refractivity contribution in [2.24, 2.45) is 0 Å². The third-order valence-corrected chi connectivity index (χ3v) is 5.96. The zero-order valence-corrected chi connectivity index (χ0v) is 20.4. The van der Waals surface area contributed by atoms with Gasteiger partial charge in [0.05, 0.1) is 17.9 Å². The smallest absolute Gasteiger partial charge is 0.410 e. The van der Waals surface area contributed by atoms with E-state index in [1.54, 1.807) is 30.6 Å². The number of methoxy groups -OCH3 is 1. The Kier molecular flexibility index (Phi) is 7.11. The number of piperidine rings is 1. The quantitative estimate of drug-likeness (QED) is 0.639. The van der Waals surface area contributed by atoms with Gasteiger partial charge in [-0.25, -0.2) is 14.8 Å². The minimum absolute atomic E-state index is 0.0432. The van der Waals surface area contributed by atoms with Crippen LogP contribution in [0.25, 0.3) is 11.4 Å². The lowest BCUT2D eigenvalue weighted by molar-refractivity contribution is 0.0142. The van der Waals surface area contributed by atoms with Gasteiger partial charge in [-0.1, -0.05) is 0 Å². The molecule has 0 bridgehead atoms. The van der Waals surface area contributed by atoms with Crippen LogP contribution in [-0.4, -0.2) is 74.6 Å². The van der Waals surface area contributed by atoms with Gasteiger partial charge in [-0.3, -0.25) is 9.78 Å². The van der Waals surface area contributed by atoms with Crippen molar-refractivity contribution in [2.75, 3.05) is 20.2 Å². The lowest BCUT2D eigenvalue weighted by atomic mass is 10.0. The van der Waals surface area contributed by atoms with Gasteiger partial charge in [-0.05, 0) is 58.6 Å². The number of nitrogens with zero attached hydrogens (tertiary/aromatic N) is 5. The fourth-order valence-corrected chi connectivity index (χ4v) is 4.16. The monoisotopic (exact) mass is 467 g/mol. The average molecular weight is 468 g/mol. The van der Waals surface area contributed by atoms with Gasteiger partial charge < -0.3 is 19.3 Å². The summed E-state index contributed by atoms with van der Waals surface area (Å²) in [6.45, 7) is 7.21. The number of pyridine rings is 1. The molecule has 1 aliphatic heterocycles. The van der Waals surface area contributed by atoms with E-state index in [0.29, 0.717) is 31.1 Å². The second-order valence-electron chi connectivity index (χ2n) is 9.91. The molecular weight excluding hydrogens is 434 g/mol. The Bertz CT molecular complexity index is 991. The minimum atomic E-state index is -0.516. The number of rotatable bonds is 6. The standard InChI is InChI=1S/C25H33N5O4/c1-25(2,3)34-24(32)29-11-9-21(10-12-29)30(20-7-8-20)23(31)18-14-27-22(28-15-18)17-5-6-19(16-33-4)26-13-17/h5-6,13-15,20-21H,7-12,16H2,1-4H3. The summed E-state index contributed by atoms with van der Waals surface area (Å²) in [5.41, 5.74) is 1.58. The molecule has 4 rings (SSSR count). The topological polar surface area (TPSA) is 97.8 Å². The maximum Gasteiger partial charge on any atom is 0.410 e. The number of amides is 2. The Balaban J connectivity index is 1.40. The lowest BCUT2D eigenvalue weighted by Crippen LogP contribution is -2.50. The fraction of sp³-hybridized carbons (Fsp3) is 0.560. The van der Waals surface area contributed by atoms with E-state index in [9.17, 15) is 9.59 Å². The third-order valence-electron chi connectivity index (χ3n) is 5.96. The van der Waals surface area contributed by atoms with Crippen LogP contribution in [0.1, 0.15) is 62.5 Å². The van der Waals surface area contributed by atoms with Gasteiger partial charge in [0.15, 0.2) is 5.82 Å². The molecule has 1 aliphatic carbocycles. The van der Waals surface area contributed by atoms with Crippen molar-refractivity contribution in [3.05, 3.63) is 42.0 Å². The van der Waals surface area contributed by atoms with Gasteiger partial charge in [0, 0.05) is 56.4 Å². The average Bonchev–Trinajstić information content (AvgIpc) is 3.64. The van der Waals surface area contributed by atoms with Crippen LogP contribution in [-0.2, 0) is 16.1 Å². The maximum atomic E-state index is 13.4.